The van der Waals surface area contributed by atoms with Crippen molar-refractivity contribution in [1.29, 1.82) is 0 Å². The number of esters is 1. The second-order valence-electron chi connectivity index (χ2n) is 9.21. The molecule has 0 aromatic carbocycles. The van der Waals surface area contributed by atoms with Crippen LogP contribution < -0.4 is 0 Å². The lowest BCUT2D eigenvalue weighted by Crippen LogP contribution is -2.58. The van der Waals surface area contributed by atoms with E-state index in [1.165, 1.54) is 11.1 Å². The lowest BCUT2D eigenvalue weighted by Gasteiger charge is -2.50. The van der Waals surface area contributed by atoms with E-state index in [4.69, 9.17) is 14.2 Å². The third-order valence-corrected chi connectivity index (χ3v) is 8.09. The van der Waals surface area contributed by atoms with Crippen LogP contribution in [-0.4, -0.2) is 47.2 Å². The van der Waals surface area contributed by atoms with Crippen LogP contribution in [-0.2, 0) is 19.0 Å². The van der Waals surface area contributed by atoms with E-state index in [2.05, 4.69) is 26.8 Å². The SMILES string of the molecule is CC(C)[C@]12O[C@H]1C=C1[C@]3(O[C@H]3C[C@H]3C4=C(CC[C@]13C)C(=O)OC4)[C@@H]2O. The van der Waals surface area contributed by atoms with Crippen molar-refractivity contribution in [1.82, 2.24) is 0 Å². The lowest BCUT2D eigenvalue weighted by atomic mass is 9.51. The van der Waals surface area contributed by atoms with Crippen LogP contribution in [0.5, 0.6) is 0 Å². The number of aliphatic hydroxyl groups excluding tert-OH is 1. The van der Waals surface area contributed by atoms with E-state index in [-0.39, 0.29) is 35.4 Å². The largest absolute Gasteiger partial charge is 0.458 e. The highest BCUT2D eigenvalue weighted by Gasteiger charge is 2.82. The minimum absolute atomic E-state index is 0.0135. The summed E-state index contributed by atoms with van der Waals surface area (Å²) in [5.74, 6) is 0.385. The summed E-state index contributed by atoms with van der Waals surface area (Å²) in [5.41, 5.74) is 2.16. The molecule has 3 aliphatic heterocycles. The minimum Gasteiger partial charge on any atom is -0.458 e. The van der Waals surface area contributed by atoms with Crippen molar-refractivity contribution >= 4 is 5.97 Å². The molecule has 3 aliphatic carbocycles. The van der Waals surface area contributed by atoms with Crippen molar-refractivity contribution in [2.24, 2.45) is 17.3 Å². The highest BCUT2D eigenvalue weighted by Crippen LogP contribution is 2.72. The molecule has 3 fully saturated rings. The molecule has 7 atom stereocenters. The molecule has 0 amide bonds. The highest BCUT2D eigenvalue weighted by atomic mass is 16.7. The summed E-state index contributed by atoms with van der Waals surface area (Å²) < 4.78 is 17.6. The summed E-state index contributed by atoms with van der Waals surface area (Å²) in [7, 11) is 0. The monoisotopic (exact) mass is 344 g/mol. The van der Waals surface area contributed by atoms with Crippen LogP contribution in [0.25, 0.3) is 0 Å². The van der Waals surface area contributed by atoms with E-state index < -0.39 is 17.3 Å². The Balaban J connectivity index is 1.49. The van der Waals surface area contributed by atoms with E-state index >= 15 is 0 Å². The number of carbonyl (C=O) groups is 1. The van der Waals surface area contributed by atoms with Crippen LogP contribution in [0, 0.1) is 17.3 Å². The fourth-order valence-corrected chi connectivity index (χ4v) is 6.56. The van der Waals surface area contributed by atoms with Gasteiger partial charge < -0.3 is 19.3 Å². The molecule has 0 aromatic heterocycles. The fourth-order valence-electron chi connectivity index (χ4n) is 6.56. The van der Waals surface area contributed by atoms with Crippen molar-refractivity contribution in [2.75, 3.05) is 6.61 Å². The summed E-state index contributed by atoms with van der Waals surface area (Å²) in [4.78, 5) is 12.0. The fraction of sp³-hybridized carbons (Fsp3) is 0.750. The Morgan fingerprint density at radius 2 is 2.12 bits per heavy atom. The van der Waals surface area contributed by atoms with E-state index in [1.54, 1.807) is 0 Å². The molecule has 5 nitrogen and oxygen atoms in total. The quantitative estimate of drug-likeness (QED) is 0.447. The molecule has 2 saturated heterocycles. The van der Waals surface area contributed by atoms with Crippen LogP contribution in [0.3, 0.4) is 0 Å². The van der Waals surface area contributed by atoms with Gasteiger partial charge in [0.25, 0.3) is 0 Å². The number of carbonyl (C=O) groups excluding carboxylic acids is 1. The Bertz CT molecular complexity index is 781. The van der Waals surface area contributed by atoms with Gasteiger partial charge in [0.15, 0.2) is 0 Å². The second kappa shape index (κ2) is 4.05. The predicted octanol–water partition coefficient (Wildman–Crippen LogP) is 1.89. The van der Waals surface area contributed by atoms with Gasteiger partial charge in [-0.25, -0.2) is 4.79 Å². The van der Waals surface area contributed by atoms with Gasteiger partial charge in [0.2, 0.25) is 0 Å². The Hall–Kier alpha value is -1.17. The number of ether oxygens (including phenoxy) is 3. The molecule has 134 valence electrons. The van der Waals surface area contributed by atoms with Crippen molar-refractivity contribution < 1.29 is 24.1 Å². The summed E-state index contributed by atoms with van der Waals surface area (Å²) in [6.07, 6.45) is 4.18. The van der Waals surface area contributed by atoms with Gasteiger partial charge in [-0.15, -0.1) is 0 Å². The molecule has 6 rings (SSSR count). The topological polar surface area (TPSA) is 71.6 Å². The zero-order valence-electron chi connectivity index (χ0n) is 14.9. The van der Waals surface area contributed by atoms with Crippen molar-refractivity contribution in [3.05, 3.63) is 22.8 Å². The molecule has 6 aliphatic rings. The molecular weight excluding hydrogens is 320 g/mol. The first-order valence-corrected chi connectivity index (χ1v) is 9.51. The molecule has 25 heavy (non-hydrogen) atoms. The third-order valence-electron chi connectivity index (χ3n) is 8.09. The minimum atomic E-state index is -0.607. The summed E-state index contributed by atoms with van der Waals surface area (Å²) in [5, 5.41) is 11.3. The van der Waals surface area contributed by atoms with Gasteiger partial charge in [0, 0.05) is 5.57 Å². The van der Waals surface area contributed by atoms with E-state index in [1.807, 2.05) is 0 Å². The smallest absolute Gasteiger partial charge is 0.334 e. The molecule has 1 N–H and O–H groups in total. The number of hydrogen-bond donors (Lipinski definition) is 1. The molecule has 0 aromatic rings. The van der Waals surface area contributed by atoms with Crippen molar-refractivity contribution in [3.8, 4) is 0 Å². The van der Waals surface area contributed by atoms with Gasteiger partial charge in [-0.1, -0.05) is 26.8 Å². The lowest BCUT2D eigenvalue weighted by molar-refractivity contribution is -0.136. The van der Waals surface area contributed by atoms with Gasteiger partial charge in [-0.05, 0) is 47.7 Å². The standard InChI is InChI=1S/C20H24O5/c1-9(2)19-15(24-19)7-13-18(3)5-4-10-11(8-23-16(10)21)12(18)6-14-20(13,25-14)17(19)22/h7,9,12,14-15,17,22H,4-6,8H2,1-3H3/t12-,14-,15-,17+,18-,19-,20+/m0/s1. The molecule has 3 heterocycles. The van der Waals surface area contributed by atoms with Crippen LogP contribution in [0.2, 0.25) is 0 Å². The van der Waals surface area contributed by atoms with E-state index in [0.717, 1.165) is 24.8 Å². The van der Waals surface area contributed by atoms with Crippen LogP contribution in [0.4, 0.5) is 0 Å². The first-order valence-electron chi connectivity index (χ1n) is 9.51. The van der Waals surface area contributed by atoms with Crippen molar-refractivity contribution in [2.45, 2.75) is 69.5 Å². The molecule has 1 saturated carbocycles. The van der Waals surface area contributed by atoms with Crippen LogP contribution in [0.1, 0.15) is 40.0 Å². The molecule has 5 heteroatoms. The van der Waals surface area contributed by atoms with E-state index in [9.17, 15) is 9.90 Å². The molecule has 0 bridgehead atoms. The average Bonchev–Trinajstić information content (AvgIpc) is 3.44. The zero-order chi connectivity index (χ0) is 17.4. The van der Waals surface area contributed by atoms with Gasteiger partial charge in [0.05, 0.1) is 6.10 Å². The van der Waals surface area contributed by atoms with Gasteiger partial charge in [-0.3, -0.25) is 0 Å². The van der Waals surface area contributed by atoms with Crippen LogP contribution in [0.15, 0.2) is 22.8 Å². The summed E-state index contributed by atoms with van der Waals surface area (Å²) >= 11 is 0. The number of rotatable bonds is 1. The molecular formula is C20H24O5. The Morgan fingerprint density at radius 1 is 1.32 bits per heavy atom. The summed E-state index contributed by atoms with van der Waals surface area (Å²) in [6.45, 7) is 6.94. The first kappa shape index (κ1) is 14.9. The Morgan fingerprint density at radius 3 is 2.88 bits per heavy atom. The zero-order valence-corrected chi connectivity index (χ0v) is 14.9. The Labute approximate surface area is 147 Å². The second-order valence-corrected chi connectivity index (χ2v) is 9.21. The number of fused-ring (bicyclic) bond motifs is 4. The molecule has 0 unspecified atom stereocenters. The van der Waals surface area contributed by atoms with Crippen molar-refractivity contribution in [3.63, 3.8) is 0 Å². The maximum absolute atomic E-state index is 12.0. The number of aliphatic hydroxyl groups is 1. The Kier molecular flexibility index (Phi) is 2.42. The maximum atomic E-state index is 12.0. The normalized spacial score (nSPS) is 54.8. The predicted molar refractivity (Wildman–Crippen MR) is 87.6 cm³/mol. The van der Waals surface area contributed by atoms with Gasteiger partial charge >= 0.3 is 5.97 Å². The third kappa shape index (κ3) is 1.41. The number of epoxide rings is 2. The summed E-state index contributed by atoms with van der Waals surface area (Å²) in [6, 6.07) is 0. The molecule has 1 spiro atoms. The van der Waals surface area contributed by atoms with Gasteiger partial charge in [-0.2, -0.15) is 0 Å². The van der Waals surface area contributed by atoms with E-state index in [0.29, 0.717) is 6.61 Å². The average molecular weight is 344 g/mol. The first-order chi connectivity index (χ1) is 11.9. The maximum Gasteiger partial charge on any atom is 0.334 e. The number of hydrogen-bond acceptors (Lipinski definition) is 5. The van der Waals surface area contributed by atoms with Gasteiger partial charge in [0.1, 0.15) is 30.0 Å². The molecule has 0 radical (unpaired) electrons. The number of cyclic esters (lactones) is 1. The highest BCUT2D eigenvalue weighted by molar-refractivity contribution is 5.92. The van der Waals surface area contributed by atoms with Crippen LogP contribution >= 0.6 is 0 Å².